The summed E-state index contributed by atoms with van der Waals surface area (Å²) in [5.41, 5.74) is 0. The lowest BCUT2D eigenvalue weighted by Gasteiger charge is -2.39. The summed E-state index contributed by atoms with van der Waals surface area (Å²) in [6.45, 7) is 4.03. The summed E-state index contributed by atoms with van der Waals surface area (Å²) in [7, 11) is 0. The Labute approximate surface area is 101 Å². The van der Waals surface area contributed by atoms with Crippen LogP contribution in [-0.2, 0) is 9.47 Å². The summed E-state index contributed by atoms with van der Waals surface area (Å²) < 4.78 is 10.5. The molecule has 6 heteroatoms. The maximum absolute atomic E-state index is 9.64. The van der Waals surface area contributed by atoms with Crippen LogP contribution >= 0.6 is 0 Å². The van der Waals surface area contributed by atoms with E-state index in [0.29, 0.717) is 12.5 Å². The second-order valence-corrected chi connectivity index (χ2v) is 4.75. The molecule has 1 fully saturated rings. The molecule has 1 aliphatic rings. The van der Waals surface area contributed by atoms with Gasteiger partial charge in [-0.05, 0) is 12.3 Å². The van der Waals surface area contributed by atoms with Crippen LogP contribution in [0.1, 0.15) is 20.3 Å². The predicted molar refractivity (Wildman–Crippen MR) is 59.2 cm³/mol. The first-order valence-electron chi connectivity index (χ1n) is 5.89. The van der Waals surface area contributed by atoms with Crippen LogP contribution in [0.5, 0.6) is 0 Å². The SMILES string of the molecule is CC(C)CCO[C@@H]1O[C@H](CO)[C@@H](O)[C@H](O)[C@H]1O. The minimum atomic E-state index is -1.37. The van der Waals surface area contributed by atoms with Crippen LogP contribution in [0.2, 0.25) is 0 Å². The van der Waals surface area contributed by atoms with Gasteiger partial charge in [-0.25, -0.2) is 0 Å². The lowest BCUT2D eigenvalue weighted by atomic mass is 9.99. The molecule has 0 unspecified atom stereocenters. The predicted octanol–water partition coefficient (Wildman–Crippen LogP) is -1.15. The van der Waals surface area contributed by atoms with E-state index in [1.54, 1.807) is 0 Å². The Morgan fingerprint density at radius 1 is 1.12 bits per heavy atom. The van der Waals surface area contributed by atoms with Gasteiger partial charge >= 0.3 is 0 Å². The third kappa shape index (κ3) is 3.87. The van der Waals surface area contributed by atoms with Crippen LogP contribution in [0, 0.1) is 5.92 Å². The van der Waals surface area contributed by atoms with Crippen LogP contribution in [0.4, 0.5) is 0 Å². The Morgan fingerprint density at radius 2 is 1.76 bits per heavy atom. The van der Waals surface area contributed by atoms with Gasteiger partial charge in [0.25, 0.3) is 0 Å². The molecule has 102 valence electrons. The molecule has 4 N–H and O–H groups in total. The Hall–Kier alpha value is -0.240. The summed E-state index contributed by atoms with van der Waals surface area (Å²) in [6, 6.07) is 0. The van der Waals surface area contributed by atoms with Crippen molar-refractivity contribution >= 4 is 0 Å². The lowest BCUT2D eigenvalue weighted by molar-refractivity contribution is -0.301. The second kappa shape index (κ2) is 6.63. The third-order valence-electron chi connectivity index (χ3n) is 2.83. The van der Waals surface area contributed by atoms with Crippen molar-refractivity contribution in [1.82, 2.24) is 0 Å². The maximum Gasteiger partial charge on any atom is 0.186 e. The molecule has 0 radical (unpaired) electrons. The van der Waals surface area contributed by atoms with Crippen LogP contribution in [0.25, 0.3) is 0 Å². The highest BCUT2D eigenvalue weighted by Gasteiger charge is 2.43. The van der Waals surface area contributed by atoms with Gasteiger partial charge in [-0.2, -0.15) is 0 Å². The number of aliphatic hydroxyl groups is 4. The molecule has 1 aliphatic heterocycles. The van der Waals surface area contributed by atoms with E-state index in [0.717, 1.165) is 6.42 Å². The summed E-state index contributed by atoms with van der Waals surface area (Å²) >= 11 is 0. The molecule has 0 amide bonds. The molecule has 6 nitrogen and oxygen atoms in total. The summed E-state index contributed by atoms with van der Waals surface area (Å²) in [5.74, 6) is 0.458. The zero-order valence-electron chi connectivity index (χ0n) is 10.2. The Morgan fingerprint density at radius 3 is 2.29 bits per heavy atom. The van der Waals surface area contributed by atoms with Gasteiger partial charge < -0.3 is 29.9 Å². The largest absolute Gasteiger partial charge is 0.394 e. The van der Waals surface area contributed by atoms with Gasteiger partial charge in [-0.3, -0.25) is 0 Å². The van der Waals surface area contributed by atoms with Crippen molar-refractivity contribution in [2.75, 3.05) is 13.2 Å². The van der Waals surface area contributed by atoms with E-state index >= 15 is 0 Å². The Kier molecular flexibility index (Phi) is 5.78. The number of ether oxygens (including phenoxy) is 2. The van der Waals surface area contributed by atoms with Crippen molar-refractivity contribution in [3.05, 3.63) is 0 Å². The van der Waals surface area contributed by atoms with Crippen LogP contribution < -0.4 is 0 Å². The molecule has 1 saturated heterocycles. The number of aliphatic hydroxyl groups excluding tert-OH is 4. The highest BCUT2D eigenvalue weighted by molar-refractivity contribution is 4.88. The van der Waals surface area contributed by atoms with E-state index in [4.69, 9.17) is 14.6 Å². The fourth-order valence-corrected chi connectivity index (χ4v) is 1.63. The van der Waals surface area contributed by atoms with Crippen molar-refractivity contribution in [1.29, 1.82) is 0 Å². The van der Waals surface area contributed by atoms with E-state index in [1.807, 2.05) is 13.8 Å². The van der Waals surface area contributed by atoms with Crippen LogP contribution in [-0.4, -0.2) is 64.3 Å². The van der Waals surface area contributed by atoms with Gasteiger partial charge in [0, 0.05) is 0 Å². The van der Waals surface area contributed by atoms with E-state index in [-0.39, 0.29) is 0 Å². The molecule has 0 bridgehead atoms. The zero-order chi connectivity index (χ0) is 13.0. The average Bonchev–Trinajstić information content (AvgIpc) is 2.29. The summed E-state index contributed by atoms with van der Waals surface area (Å²) in [6.07, 6.45) is -5.12. The molecule has 0 saturated carbocycles. The van der Waals surface area contributed by atoms with Crippen molar-refractivity contribution in [3.8, 4) is 0 Å². The van der Waals surface area contributed by atoms with E-state index in [9.17, 15) is 15.3 Å². The molecular formula is C11H22O6. The van der Waals surface area contributed by atoms with Gasteiger partial charge in [-0.15, -0.1) is 0 Å². The first-order valence-corrected chi connectivity index (χ1v) is 5.89. The average molecular weight is 250 g/mol. The Bertz CT molecular complexity index is 220. The molecule has 0 aromatic carbocycles. The lowest BCUT2D eigenvalue weighted by Crippen LogP contribution is -2.59. The van der Waals surface area contributed by atoms with Gasteiger partial charge in [-0.1, -0.05) is 13.8 Å². The first-order chi connectivity index (χ1) is 7.97. The molecule has 1 rings (SSSR count). The monoisotopic (exact) mass is 250 g/mol. The van der Waals surface area contributed by atoms with E-state index in [2.05, 4.69) is 0 Å². The fraction of sp³-hybridized carbons (Fsp3) is 1.00. The van der Waals surface area contributed by atoms with Crippen molar-refractivity contribution in [2.24, 2.45) is 5.92 Å². The number of rotatable bonds is 5. The highest BCUT2D eigenvalue weighted by Crippen LogP contribution is 2.22. The van der Waals surface area contributed by atoms with Gasteiger partial charge in [0.05, 0.1) is 13.2 Å². The quantitative estimate of drug-likeness (QED) is 0.492. The fourth-order valence-electron chi connectivity index (χ4n) is 1.63. The van der Waals surface area contributed by atoms with Crippen molar-refractivity contribution in [3.63, 3.8) is 0 Å². The maximum atomic E-state index is 9.64. The zero-order valence-corrected chi connectivity index (χ0v) is 10.2. The second-order valence-electron chi connectivity index (χ2n) is 4.75. The third-order valence-corrected chi connectivity index (χ3v) is 2.83. The molecule has 0 aliphatic carbocycles. The molecule has 0 spiro atoms. The molecule has 17 heavy (non-hydrogen) atoms. The minimum absolute atomic E-state index is 0.389. The standard InChI is InChI=1S/C11H22O6/c1-6(2)3-4-16-11-10(15)9(14)8(13)7(5-12)17-11/h6-15H,3-5H2,1-2H3/t7-,8-,9+,10-,11-/m1/s1. The Balaban J connectivity index is 2.47. The summed E-state index contributed by atoms with van der Waals surface area (Å²) in [5, 5.41) is 37.7. The van der Waals surface area contributed by atoms with E-state index in [1.165, 1.54) is 0 Å². The number of hydrogen-bond acceptors (Lipinski definition) is 6. The van der Waals surface area contributed by atoms with Gasteiger partial charge in [0.15, 0.2) is 6.29 Å². The smallest absolute Gasteiger partial charge is 0.186 e. The molecular weight excluding hydrogens is 228 g/mol. The van der Waals surface area contributed by atoms with Gasteiger partial charge in [0.1, 0.15) is 24.4 Å². The van der Waals surface area contributed by atoms with Crippen LogP contribution in [0.3, 0.4) is 0 Å². The molecule has 5 atom stereocenters. The van der Waals surface area contributed by atoms with Crippen LogP contribution in [0.15, 0.2) is 0 Å². The topological polar surface area (TPSA) is 99.4 Å². The minimum Gasteiger partial charge on any atom is -0.394 e. The first kappa shape index (κ1) is 14.8. The molecule has 0 aromatic heterocycles. The van der Waals surface area contributed by atoms with Crippen molar-refractivity contribution in [2.45, 2.75) is 51.0 Å². The van der Waals surface area contributed by atoms with Crippen molar-refractivity contribution < 1.29 is 29.9 Å². The molecule has 1 heterocycles. The number of hydrogen-bond donors (Lipinski definition) is 4. The van der Waals surface area contributed by atoms with Gasteiger partial charge in [0.2, 0.25) is 0 Å². The van der Waals surface area contributed by atoms with E-state index < -0.39 is 37.3 Å². The normalized spacial score (nSPS) is 38.6. The highest BCUT2D eigenvalue weighted by atomic mass is 16.7. The molecule has 0 aromatic rings. The summed E-state index contributed by atoms with van der Waals surface area (Å²) in [4.78, 5) is 0.